The van der Waals surface area contributed by atoms with E-state index in [2.05, 4.69) is 37.6 Å². The molecule has 32 heavy (non-hydrogen) atoms. The normalized spacial score (nSPS) is 14.5. The molecule has 0 spiro atoms. The van der Waals surface area contributed by atoms with Crippen LogP contribution < -0.4 is 5.32 Å². The average Bonchev–Trinajstić information content (AvgIpc) is 3.72. The number of aromatic nitrogens is 2. The molecule has 1 N–H and O–H groups in total. The predicted molar refractivity (Wildman–Crippen MR) is 126 cm³/mol. The van der Waals surface area contributed by atoms with Crippen LogP contribution >= 0.6 is 0 Å². The highest BCUT2D eigenvalue weighted by atomic mass is 16.5. The molecule has 0 saturated heterocycles. The molecule has 1 fully saturated rings. The van der Waals surface area contributed by atoms with E-state index in [0.717, 1.165) is 22.4 Å². The van der Waals surface area contributed by atoms with Crippen LogP contribution in [0.1, 0.15) is 54.4 Å². The van der Waals surface area contributed by atoms with E-state index in [-0.39, 0.29) is 5.91 Å². The van der Waals surface area contributed by atoms with Crippen molar-refractivity contribution in [3.05, 3.63) is 77.9 Å². The number of carbonyl (C=O) groups excluding carboxylic acids is 1. The Labute approximate surface area is 187 Å². The van der Waals surface area contributed by atoms with Crippen LogP contribution in [0.4, 0.5) is 5.69 Å². The number of ether oxygens (including phenoxy) is 1. The lowest BCUT2D eigenvalue weighted by atomic mass is 10.1. The van der Waals surface area contributed by atoms with Crippen LogP contribution in [-0.2, 0) is 4.74 Å². The Morgan fingerprint density at radius 3 is 2.59 bits per heavy atom. The number of benzene rings is 1. The van der Waals surface area contributed by atoms with E-state index in [1.165, 1.54) is 19.2 Å². The number of nitrogens with one attached hydrogen (secondary N) is 1. The second-order valence-electron chi connectivity index (χ2n) is 7.29. The van der Waals surface area contributed by atoms with Crippen LogP contribution in [0.25, 0.3) is 11.1 Å². The summed E-state index contributed by atoms with van der Waals surface area (Å²) in [5.74, 6) is 0.336. The van der Waals surface area contributed by atoms with Crippen molar-refractivity contribution in [2.45, 2.75) is 32.6 Å². The molecule has 1 aliphatic carbocycles. The first-order valence-electron chi connectivity index (χ1n) is 10.8. The van der Waals surface area contributed by atoms with E-state index >= 15 is 0 Å². The maximum Gasteiger partial charge on any atom is 0.274 e. The molecule has 7 heteroatoms. The van der Waals surface area contributed by atoms with Gasteiger partial charge in [0.2, 0.25) is 0 Å². The van der Waals surface area contributed by atoms with Crippen molar-refractivity contribution < 1.29 is 9.53 Å². The highest BCUT2D eigenvalue weighted by Gasteiger charge is 2.24. The first kappa shape index (κ1) is 21.4. The summed E-state index contributed by atoms with van der Waals surface area (Å²) >= 11 is 0. The van der Waals surface area contributed by atoms with Gasteiger partial charge in [0, 0.05) is 40.8 Å². The second-order valence-corrected chi connectivity index (χ2v) is 7.29. The topological polar surface area (TPSA) is 88.8 Å². The number of hydrogen-bond donors (Lipinski definition) is 1. The number of anilines is 1. The molecule has 0 atom stereocenters. The van der Waals surface area contributed by atoms with Crippen molar-refractivity contribution in [2.24, 2.45) is 10.2 Å². The number of rotatable bonds is 5. The summed E-state index contributed by atoms with van der Waals surface area (Å²) in [6.07, 6.45) is 7.26. The van der Waals surface area contributed by atoms with Gasteiger partial charge in [-0.15, -0.1) is 10.2 Å². The fraction of sp³-hybridized carbons (Fsp3) is 0.240. The monoisotopic (exact) mass is 427 g/mol. The highest BCUT2D eigenvalue weighted by molar-refractivity contribution is 6.06. The zero-order valence-corrected chi connectivity index (χ0v) is 18.2. The number of pyridine rings is 2. The highest BCUT2D eigenvalue weighted by Crippen LogP contribution is 2.39. The molecule has 7 nitrogen and oxygen atoms in total. The van der Waals surface area contributed by atoms with E-state index in [9.17, 15) is 4.79 Å². The van der Waals surface area contributed by atoms with Gasteiger partial charge in [-0.3, -0.25) is 14.8 Å². The van der Waals surface area contributed by atoms with Crippen LogP contribution in [0.3, 0.4) is 0 Å². The van der Waals surface area contributed by atoms with E-state index < -0.39 is 0 Å². The number of amides is 1. The van der Waals surface area contributed by atoms with Crippen molar-refractivity contribution in [3.8, 4) is 11.1 Å². The number of carbonyl (C=O) groups is 1. The third-order valence-electron chi connectivity index (χ3n) is 5.08. The maximum absolute atomic E-state index is 12.8. The molecule has 5 rings (SSSR count). The summed E-state index contributed by atoms with van der Waals surface area (Å²) < 4.78 is 5.18. The van der Waals surface area contributed by atoms with Crippen molar-refractivity contribution in [1.29, 1.82) is 0 Å². The Kier molecular flexibility index (Phi) is 6.65. The molecule has 1 saturated carbocycles. The van der Waals surface area contributed by atoms with Gasteiger partial charge in [-0.05, 0) is 48.7 Å². The minimum atomic E-state index is -0.281. The maximum atomic E-state index is 12.8. The van der Waals surface area contributed by atoms with Crippen LogP contribution in [0, 0.1) is 0 Å². The SMILES string of the molecule is CC.O=C(Nc1cccc(C2=NN=COC2)c1)c1cc(-c2ccc(C3CC3)nc2)ccn1. The molecular formula is C25H25N5O2. The van der Waals surface area contributed by atoms with Gasteiger partial charge in [-0.25, -0.2) is 0 Å². The summed E-state index contributed by atoms with van der Waals surface area (Å²) in [4.78, 5) is 21.6. The molecule has 0 bridgehead atoms. The summed E-state index contributed by atoms with van der Waals surface area (Å²) in [5.41, 5.74) is 5.55. The lowest BCUT2D eigenvalue weighted by Crippen LogP contribution is -2.15. The van der Waals surface area contributed by atoms with Gasteiger partial charge in [0.05, 0.1) is 0 Å². The Morgan fingerprint density at radius 2 is 1.88 bits per heavy atom. The van der Waals surface area contributed by atoms with Crippen molar-refractivity contribution >= 4 is 23.7 Å². The zero-order valence-electron chi connectivity index (χ0n) is 18.2. The van der Waals surface area contributed by atoms with Gasteiger partial charge >= 0.3 is 0 Å². The first-order chi connectivity index (χ1) is 15.8. The molecule has 162 valence electrons. The lowest BCUT2D eigenvalue weighted by molar-refractivity contribution is 0.102. The average molecular weight is 428 g/mol. The number of nitrogens with zero attached hydrogens (tertiary/aromatic N) is 4. The molecule has 3 heterocycles. The van der Waals surface area contributed by atoms with Crippen LogP contribution in [0.15, 0.2) is 71.1 Å². The molecule has 2 aromatic heterocycles. The zero-order chi connectivity index (χ0) is 22.3. The van der Waals surface area contributed by atoms with Crippen molar-refractivity contribution in [3.63, 3.8) is 0 Å². The molecule has 0 radical (unpaired) electrons. The van der Waals surface area contributed by atoms with E-state index in [4.69, 9.17) is 4.74 Å². The van der Waals surface area contributed by atoms with E-state index in [1.807, 2.05) is 50.4 Å². The van der Waals surface area contributed by atoms with Crippen molar-refractivity contribution in [2.75, 3.05) is 11.9 Å². The van der Waals surface area contributed by atoms with Gasteiger partial charge in [-0.2, -0.15) is 0 Å². The van der Waals surface area contributed by atoms with E-state index in [1.54, 1.807) is 12.3 Å². The summed E-state index contributed by atoms with van der Waals surface area (Å²) in [5, 5.41) is 10.7. The largest absolute Gasteiger partial charge is 0.475 e. The predicted octanol–water partition coefficient (Wildman–Crippen LogP) is 5.06. The Hall–Kier alpha value is -3.87. The molecule has 2 aliphatic rings. The Morgan fingerprint density at radius 1 is 1.00 bits per heavy atom. The van der Waals surface area contributed by atoms with Crippen LogP contribution in [0.5, 0.6) is 0 Å². The fourth-order valence-electron chi connectivity index (χ4n) is 3.32. The molecule has 1 aliphatic heterocycles. The molecular weight excluding hydrogens is 402 g/mol. The lowest BCUT2D eigenvalue weighted by Gasteiger charge is -2.10. The first-order valence-corrected chi connectivity index (χ1v) is 10.8. The quantitative estimate of drug-likeness (QED) is 0.616. The van der Waals surface area contributed by atoms with Gasteiger partial charge in [0.15, 0.2) is 6.40 Å². The Balaban J connectivity index is 0.00000119. The van der Waals surface area contributed by atoms with Crippen LogP contribution in [-0.4, -0.2) is 34.6 Å². The number of hydrogen-bond acceptors (Lipinski definition) is 6. The fourth-order valence-corrected chi connectivity index (χ4v) is 3.32. The van der Waals surface area contributed by atoms with E-state index in [0.29, 0.717) is 29.6 Å². The van der Waals surface area contributed by atoms with Gasteiger partial charge in [0.1, 0.15) is 18.0 Å². The smallest absolute Gasteiger partial charge is 0.274 e. The standard InChI is InChI=1S/C23H19N5O2.C2H6/c29-23(27-19-3-1-2-17(10-19)22-13-30-14-26-28-22)21-11-16(8-9-24-21)18-6-7-20(25-12-18)15-4-5-15;1-2/h1-3,6-12,14-15H,4-5,13H2,(H,27,29);1-2H3. The third kappa shape index (κ3) is 5.06. The minimum absolute atomic E-state index is 0.281. The molecule has 0 unspecified atom stereocenters. The molecule has 3 aromatic rings. The summed E-state index contributed by atoms with van der Waals surface area (Å²) in [6, 6.07) is 15.2. The molecule has 1 amide bonds. The van der Waals surface area contributed by atoms with Gasteiger partial charge in [0.25, 0.3) is 5.91 Å². The van der Waals surface area contributed by atoms with Gasteiger partial charge < -0.3 is 10.1 Å². The van der Waals surface area contributed by atoms with Crippen molar-refractivity contribution in [1.82, 2.24) is 9.97 Å². The minimum Gasteiger partial charge on any atom is -0.475 e. The van der Waals surface area contributed by atoms with Crippen LogP contribution in [0.2, 0.25) is 0 Å². The summed E-state index contributed by atoms with van der Waals surface area (Å²) in [6.45, 7) is 4.35. The summed E-state index contributed by atoms with van der Waals surface area (Å²) in [7, 11) is 0. The Bertz CT molecular complexity index is 1150. The second kappa shape index (κ2) is 9.96. The third-order valence-corrected chi connectivity index (χ3v) is 5.08. The molecule has 1 aromatic carbocycles. The van der Waals surface area contributed by atoms with Gasteiger partial charge in [-0.1, -0.05) is 32.0 Å².